The molecule has 0 bridgehead atoms. The zero-order valence-electron chi connectivity index (χ0n) is 12.0. The Morgan fingerprint density at radius 1 is 1.29 bits per heavy atom. The van der Waals surface area contributed by atoms with E-state index >= 15 is 0 Å². The number of nitrogens with one attached hydrogen (secondary N) is 1. The van der Waals surface area contributed by atoms with Crippen LogP contribution in [0.4, 0.5) is 0 Å². The van der Waals surface area contributed by atoms with Gasteiger partial charge in [-0.1, -0.05) is 19.3 Å². The third kappa shape index (κ3) is 2.69. The second-order valence-electron chi connectivity index (χ2n) is 5.80. The van der Waals surface area contributed by atoms with Crippen molar-refractivity contribution in [1.29, 1.82) is 0 Å². The Balaban J connectivity index is 1.89. The number of carbonyl (C=O) groups excluding carboxylic acids is 1. The van der Waals surface area contributed by atoms with Crippen molar-refractivity contribution in [2.45, 2.75) is 49.8 Å². The lowest BCUT2D eigenvalue weighted by Crippen LogP contribution is -2.45. The molecule has 21 heavy (non-hydrogen) atoms. The molecule has 2 aliphatic rings. The molecule has 3 rings (SSSR count). The molecule has 0 spiro atoms. The van der Waals surface area contributed by atoms with Gasteiger partial charge in [0.1, 0.15) is 0 Å². The Morgan fingerprint density at radius 2 is 2.00 bits per heavy atom. The van der Waals surface area contributed by atoms with Crippen molar-refractivity contribution >= 4 is 15.9 Å². The highest BCUT2D eigenvalue weighted by atomic mass is 32.2. The van der Waals surface area contributed by atoms with Crippen LogP contribution in [0.2, 0.25) is 0 Å². The topological polar surface area (TPSA) is 84.3 Å². The molecule has 116 valence electrons. The molecule has 1 aliphatic carbocycles. The molecule has 1 unspecified atom stereocenters. The standard InChI is InChI=1S/C13H20N4O3S/c1-16-9-10(8-14-16)12-7-13(18)15-17(12)21(19,20)11-5-3-2-4-6-11/h8-9,11-12H,2-7H2,1H3,(H,15,18). The van der Waals surface area contributed by atoms with Crippen LogP contribution in [0.1, 0.15) is 50.1 Å². The fraction of sp³-hybridized carbons (Fsp3) is 0.692. The third-order valence-corrected chi connectivity index (χ3v) is 6.46. The number of aryl methyl sites for hydroxylation is 1. The van der Waals surface area contributed by atoms with E-state index in [-0.39, 0.29) is 17.6 Å². The Hall–Kier alpha value is -1.41. The number of hydrazine groups is 1. The monoisotopic (exact) mass is 312 g/mol. The minimum atomic E-state index is -3.52. The van der Waals surface area contributed by atoms with Crippen molar-refractivity contribution in [3.05, 3.63) is 18.0 Å². The molecule has 7 nitrogen and oxygen atoms in total. The van der Waals surface area contributed by atoms with Gasteiger partial charge in [-0.15, -0.1) is 4.41 Å². The molecule has 1 aliphatic heterocycles. The Bertz CT molecular complexity index is 634. The number of carbonyl (C=O) groups is 1. The minimum absolute atomic E-state index is 0.150. The average Bonchev–Trinajstić information content (AvgIpc) is 3.06. The predicted octanol–water partition coefficient (Wildman–Crippen LogP) is 0.861. The zero-order valence-corrected chi connectivity index (χ0v) is 12.8. The van der Waals surface area contributed by atoms with Crippen molar-refractivity contribution in [2.75, 3.05) is 0 Å². The van der Waals surface area contributed by atoms with Crippen LogP contribution in [-0.2, 0) is 21.9 Å². The summed E-state index contributed by atoms with van der Waals surface area (Å²) in [6, 6.07) is -0.488. The molecule has 1 aromatic rings. The summed E-state index contributed by atoms with van der Waals surface area (Å²) in [6.07, 6.45) is 7.83. The van der Waals surface area contributed by atoms with Gasteiger partial charge in [-0.2, -0.15) is 5.10 Å². The van der Waals surface area contributed by atoms with Gasteiger partial charge in [0.15, 0.2) is 0 Å². The lowest BCUT2D eigenvalue weighted by Gasteiger charge is -2.29. The summed E-state index contributed by atoms with van der Waals surface area (Å²) in [5.41, 5.74) is 3.26. The molecule has 1 amide bonds. The van der Waals surface area contributed by atoms with Crippen LogP contribution in [0.25, 0.3) is 0 Å². The van der Waals surface area contributed by atoms with E-state index in [1.165, 1.54) is 4.41 Å². The third-order valence-electron chi connectivity index (χ3n) is 4.25. The second-order valence-corrected chi connectivity index (χ2v) is 7.89. The van der Waals surface area contributed by atoms with E-state index in [1.807, 2.05) is 0 Å². The van der Waals surface area contributed by atoms with Gasteiger partial charge in [0.2, 0.25) is 15.9 Å². The summed E-state index contributed by atoms with van der Waals surface area (Å²) in [7, 11) is -1.75. The van der Waals surface area contributed by atoms with E-state index in [4.69, 9.17) is 0 Å². The number of hydrogen-bond acceptors (Lipinski definition) is 4. The molecule has 1 saturated carbocycles. The number of rotatable bonds is 3. The summed E-state index contributed by atoms with van der Waals surface area (Å²) in [4.78, 5) is 11.7. The van der Waals surface area contributed by atoms with Gasteiger partial charge >= 0.3 is 0 Å². The van der Waals surface area contributed by atoms with Crippen molar-refractivity contribution < 1.29 is 13.2 Å². The fourth-order valence-electron chi connectivity index (χ4n) is 3.14. The molecule has 1 atom stereocenters. The summed E-state index contributed by atoms with van der Waals surface area (Å²) < 4.78 is 28.4. The van der Waals surface area contributed by atoms with Gasteiger partial charge in [-0.05, 0) is 12.8 Å². The van der Waals surface area contributed by atoms with E-state index in [0.29, 0.717) is 12.8 Å². The van der Waals surface area contributed by atoms with Gasteiger partial charge in [0.25, 0.3) is 0 Å². The van der Waals surface area contributed by atoms with Gasteiger partial charge in [0.05, 0.1) is 23.9 Å². The summed E-state index contributed by atoms with van der Waals surface area (Å²) >= 11 is 0. The number of amides is 1. The lowest BCUT2D eigenvalue weighted by molar-refractivity contribution is -0.120. The van der Waals surface area contributed by atoms with Crippen LogP contribution in [0, 0.1) is 0 Å². The van der Waals surface area contributed by atoms with Crippen LogP contribution in [0.15, 0.2) is 12.4 Å². The fourth-order valence-corrected chi connectivity index (χ4v) is 5.17. The van der Waals surface area contributed by atoms with E-state index in [1.54, 1.807) is 24.1 Å². The smallest absolute Gasteiger partial charge is 0.237 e. The van der Waals surface area contributed by atoms with Crippen LogP contribution in [-0.4, -0.2) is 33.8 Å². The maximum Gasteiger partial charge on any atom is 0.237 e. The maximum atomic E-state index is 12.8. The summed E-state index contributed by atoms with van der Waals surface area (Å²) in [6.45, 7) is 0. The first-order chi connectivity index (χ1) is 9.98. The minimum Gasteiger partial charge on any atom is -0.275 e. The van der Waals surface area contributed by atoms with Gasteiger partial charge in [0, 0.05) is 18.8 Å². The lowest BCUT2D eigenvalue weighted by atomic mass is 10.0. The molecule has 8 heteroatoms. The average molecular weight is 312 g/mol. The Labute approximate surface area is 124 Å². The highest BCUT2D eigenvalue weighted by molar-refractivity contribution is 7.89. The quantitative estimate of drug-likeness (QED) is 0.897. The van der Waals surface area contributed by atoms with Crippen LogP contribution in [0.5, 0.6) is 0 Å². The first-order valence-electron chi connectivity index (χ1n) is 7.30. The van der Waals surface area contributed by atoms with Crippen molar-refractivity contribution in [3.63, 3.8) is 0 Å². The van der Waals surface area contributed by atoms with Gasteiger partial charge in [-0.25, -0.2) is 8.42 Å². The van der Waals surface area contributed by atoms with Crippen molar-refractivity contribution in [3.8, 4) is 0 Å². The van der Waals surface area contributed by atoms with Gasteiger partial charge < -0.3 is 0 Å². The number of aromatic nitrogens is 2. The molecule has 0 radical (unpaired) electrons. The molecule has 0 aromatic carbocycles. The van der Waals surface area contributed by atoms with Gasteiger partial charge in [-0.3, -0.25) is 14.9 Å². The molecular weight excluding hydrogens is 292 g/mol. The SMILES string of the molecule is Cn1cc(C2CC(=O)NN2S(=O)(=O)C2CCCCC2)cn1. The van der Waals surface area contributed by atoms with Crippen LogP contribution in [0.3, 0.4) is 0 Å². The van der Waals surface area contributed by atoms with Crippen LogP contribution < -0.4 is 5.43 Å². The molecule has 1 saturated heterocycles. The van der Waals surface area contributed by atoms with Crippen LogP contribution >= 0.6 is 0 Å². The molecule has 2 fully saturated rings. The Kier molecular flexibility index (Phi) is 3.75. The number of sulfonamides is 1. The normalized spacial score (nSPS) is 25.2. The van der Waals surface area contributed by atoms with E-state index in [9.17, 15) is 13.2 Å². The van der Waals surface area contributed by atoms with Crippen molar-refractivity contribution in [1.82, 2.24) is 19.6 Å². The van der Waals surface area contributed by atoms with E-state index in [2.05, 4.69) is 10.5 Å². The largest absolute Gasteiger partial charge is 0.275 e. The number of hydrogen-bond donors (Lipinski definition) is 1. The highest BCUT2D eigenvalue weighted by Crippen LogP contribution is 2.34. The first-order valence-corrected chi connectivity index (χ1v) is 8.80. The molecule has 1 aromatic heterocycles. The molecule has 2 heterocycles. The highest BCUT2D eigenvalue weighted by Gasteiger charge is 2.43. The summed E-state index contributed by atoms with van der Waals surface area (Å²) in [5.74, 6) is -0.261. The Morgan fingerprint density at radius 3 is 2.62 bits per heavy atom. The first kappa shape index (κ1) is 14.5. The predicted molar refractivity (Wildman–Crippen MR) is 76.3 cm³/mol. The zero-order chi connectivity index (χ0) is 15.0. The molecule has 1 N–H and O–H groups in total. The second kappa shape index (κ2) is 5.42. The maximum absolute atomic E-state index is 12.8. The van der Waals surface area contributed by atoms with Crippen molar-refractivity contribution in [2.24, 2.45) is 7.05 Å². The van der Waals surface area contributed by atoms with E-state index in [0.717, 1.165) is 24.8 Å². The molecular formula is C13H20N4O3S. The number of nitrogens with zero attached hydrogens (tertiary/aromatic N) is 3. The van der Waals surface area contributed by atoms with E-state index < -0.39 is 16.1 Å². The summed E-state index contributed by atoms with van der Waals surface area (Å²) in [5, 5.41) is 3.69.